The zero-order chi connectivity index (χ0) is 20.3. The van der Waals surface area contributed by atoms with E-state index in [0.717, 1.165) is 49.5 Å². The van der Waals surface area contributed by atoms with E-state index in [1.807, 2.05) is 30.3 Å². The van der Waals surface area contributed by atoms with Crippen molar-refractivity contribution in [3.05, 3.63) is 35.9 Å². The van der Waals surface area contributed by atoms with Gasteiger partial charge in [0.15, 0.2) is 0 Å². The molecular weight excluding hydrogens is 356 g/mol. The number of hydrogen-bond donors (Lipinski definition) is 2. The van der Waals surface area contributed by atoms with Gasteiger partial charge in [0.25, 0.3) is 0 Å². The van der Waals surface area contributed by atoms with E-state index in [-0.39, 0.29) is 11.5 Å². The fourth-order valence-electron chi connectivity index (χ4n) is 8.15. The molecule has 29 heavy (non-hydrogen) atoms. The van der Waals surface area contributed by atoms with Crippen LogP contribution in [-0.4, -0.2) is 21.9 Å². The van der Waals surface area contributed by atoms with Crippen LogP contribution in [-0.2, 0) is 0 Å². The summed E-state index contributed by atoms with van der Waals surface area (Å²) in [5.74, 6) is 9.40. The van der Waals surface area contributed by atoms with Crippen LogP contribution in [0.1, 0.15) is 77.2 Å². The highest BCUT2D eigenvalue weighted by molar-refractivity contribution is 5.38. The summed E-state index contributed by atoms with van der Waals surface area (Å²) >= 11 is 0. The van der Waals surface area contributed by atoms with Crippen LogP contribution in [0.2, 0.25) is 0 Å². The van der Waals surface area contributed by atoms with E-state index < -0.39 is 5.60 Å². The van der Waals surface area contributed by atoms with E-state index in [0.29, 0.717) is 17.3 Å². The number of aliphatic hydroxyl groups is 2. The molecule has 8 atom stereocenters. The zero-order valence-corrected chi connectivity index (χ0v) is 18.0. The van der Waals surface area contributed by atoms with Crippen molar-refractivity contribution < 1.29 is 10.2 Å². The van der Waals surface area contributed by atoms with Gasteiger partial charge in [-0.3, -0.25) is 0 Å². The summed E-state index contributed by atoms with van der Waals surface area (Å²) in [7, 11) is 0. The van der Waals surface area contributed by atoms with Crippen molar-refractivity contribution in [3.8, 4) is 11.8 Å². The van der Waals surface area contributed by atoms with Gasteiger partial charge in [-0.25, -0.2) is 0 Å². The van der Waals surface area contributed by atoms with E-state index in [2.05, 4.69) is 25.7 Å². The molecule has 2 nitrogen and oxygen atoms in total. The third kappa shape index (κ3) is 2.92. The number of benzene rings is 1. The lowest BCUT2D eigenvalue weighted by Gasteiger charge is -2.61. The van der Waals surface area contributed by atoms with Crippen LogP contribution in [0.3, 0.4) is 0 Å². The second-order valence-corrected chi connectivity index (χ2v) is 11.1. The highest BCUT2D eigenvalue weighted by atomic mass is 16.3. The van der Waals surface area contributed by atoms with E-state index in [1.54, 1.807) is 0 Å². The molecule has 4 fully saturated rings. The molecule has 0 radical (unpaired) electrons. The minimum absolute atomic E-state index is 0.0803. The first-order chi connectivity index (χ1) is 13.9. The van der Waals surface area contributed by atoms with Gasteiger partial charge in [0, 0.05) is 11.0 Å². The molecule has 1 aromatic carbocycles. The highest BCUT2D eigenvalue weighted by Gasteiger charge is 2.64. The summed E-state index contributed by atoms with van der Waals surface area (Å²) in [5, 5.41) is 21.9. The predicted octanol–water partition coefficient (Wildman–Crippen LogP) is 5.17. The van der Waals surface area contributed by atoms with E-state index in [1.165, 1.54) is 25.7 Å². The Labute approximate surface area is 176 Å². The summed E-state index contributed by atoms with van der Waals surface area (Å²) in [4.78, 5) is 0. The number of aliphatic hydroxyl groups excluding tert-OH is 1. The topological polar surface area (TPSA) is 40.5 Å². The molecule has 0 aromatic heterocycles. The lowest BCUT2D eigenvalue weighted by molar-refractivity contribution is -0.144. The van der Waals surface area contributed by atoms with Crippen molar-refractivity contribution in [3.63, 3.8) is 0 Å². The summed E-state index contributed by atoms with van der Waals surface area (Å²) < 4.78 is 0. The Morgan fingerprint density at radius 2 is 1.66 bits per heavy atom. The van der Waals surface area contributed by atoms with Gasteiger partial charge in [-0.1, -0.05) is 43.9 Å². The van der Waals surface area contributed by atoms with Gasteiger partial charge in [-0.15, -0.1) is 0 Å². The predicted molar refractivity (Wildman–Crippen MR) is 116 cm³/mol. The van der Waals surface area contributed by atoms with Crippen molar-refractivity contribution in [2.45, 2.75) is 83.3 Å². The van der Waals surface area contributed by atoms with Gasteiger partial charge in [-0.05, 0) is 99.0 Å². The van der Waals surface area contributed by atoms with Gasteiger partial charge >= 0.3 is 0 Å². The maximum atomic E-state index is 11.7. The molecule has 4 saturated carbocycles. The van der Waals surface area contributed by atoms with Crippen molar-refractivity contribution in [1.82, 2.24) is 0 Å². The van der Waals surface area contributed by atoms with E-state index >= 15 is 0 Å². The van der Waals surface area contributed by atoms with Crippen molar-refractivity contribution in [2.24, 2.45) is 34.5 Å². The van der Waals surface area contributed by atoms with Crippen LogP contribution in [0.25, 0.3) is 0 Å². The van der Waals surface area contributed by atoms with Crippen LogP contribution >= 0.6 is 0 Å². The fraction of sp³-hybridized carbons (Fsp3) is 0.704. The Balaban J connectivity index is 1.42. The van der Waals surface area contributed by atoms with Crippen LogP contribution in [0.5, 0.6) is 0 Å². The van der Waals surface area contributed by atoms with Crippen LogP contribution < -0.4 is 0 Å². The van der Waals surface area contributed by atoms with Crippen molar-refractivity contribution >= 4 is 0 Å². The largest absolute Gasteiger partial charge is 0.393 e. The summed E-state index contributed by atoms with van der Waals surface area (Å²) in [6, 6.07) is 10.1. The van der Waals surface area contributed by atoms with Gasteiger partial charge in [0.2, 0.25) is 0 Å². The summed E-state index contributed by atoms with van der Waals surface area (Å²) in [5.41, 5.74) is 0.433. The average molecular weight is 393 g/mol. The maximum Gasteiger partial charge on any atom is 0.131 e. The molecule has 2 heteroatoms. The second kappa shape index (κ2) is 6.86. The van der Waals surface area contributed by atoms with Gasteiger partial charge in [-0.2, -0.15) is 0 Å². The molecular formula is C27H36O2. The molecule has 2 N–H and O–H groups in total. The molecule has 0 aliphatic heterocycles. The molecule has 0 saturated heterocycles. The number of fused-ring (bicyclic) bond motifs is 5. The molecule has 0 bridgehead atoms. The first kappa shape index (κ1) is 19.7. The molecule has 4 aliphatic rings. The smallest absolute Gasteiger partial charge is 0.131 e. The summed E-state index contributed by atoms with van der Waals surface area (Å²) in [6.07, 6.45) is 9.86. The molecule has 0 amide bonds. The zero-order valence-electron chi connectivity index (χ0n) is 18.0. The van der Waals surface area contributed by atoms with E-state index in [9.17, 15) is 10.2 Å². The molecule has 1 aromatic rings. The Morgan fingerprint density at radius 3 is 2.45 bits per heavy atom. The Bertz CT molecular complexity index is 822. The fourth-order valence-corrected chi connectivity index (χ4v) is 8.15. The minimum Gasteiger partial charge on any atom is -0.393 e. The molecule has 5 rings (SSSR count). The molecule has 0 heterocycles. The van der Waals surface area contributed by atoms with E-state index in [4.69, 9.17) is 0 Å². The molecule has 4 aliphatic carbocycles. The third-order valence-electron chi connectivity index (χ3n) is 9.98. The Kier molecular flexibility index (Phi) is 4.65. The standard InChI is InChI=1S/C27H36O2/c1-25-14-11-21(28)18-20(25)8-9-22-23(25)12-15-26(2)24(22)13-17-27(26,29)16-10-19-6-4-3-5-7-19/h3-7,20-24,28-29H,8-9,11-15,17-18H2,1-2H3/t20-,21+,22-,23-,24+,25-,26-,27-/m0/s1. The monoisotopic (exact) mass is 392 g/mol. The lowest BCUT2D eigenvalue weighted by atomic mass is 9.44. The van der Waals surface area contributed by atoms with Crippen LogP contribution in [0, 0.1) is 46.3 Å². The third-order valence-corrected chi connectivity index (χ3v) is 9.98. The summed E-state index contributed by atoms with van der Waals surface area (Å²) in [6.45, 7) is 4.86. The Morgan fingerprint density at radius 1 is 0.897 bits per heavy atom. The van der Waals surface area contributed by atoms with Gasteiger partial charge < -0.3 is 10.2 Å². The lowest BCUT2D eigenvalue weighted by Crippen LogP contribution is -2.56. The second-order valence-electron chi connectivity index (χ2n) is 11.1. The van der Waals surface area contributed by atoms with Crippen molar-refractivity contribution in [1.29, 1.82) is 0 Å². The van der Waals surface area contributed by atoms with Crippen LogP contribution in [0.4, 0.5) is 0 Å². The minimum atomic E-state index is -0.862. The SMILES string of the molecule is C[C@]12CC[C@@H](O)C[C@@H]1CC[C@@H]1[C@H]3CC[C@@](O)(C#Cc4ccccc4)[C@@]3(C)CC[C@@H]12. The number of hydrogen-bond acceptors (Lipinski definition) is 2. The normalized spacial score (nSPS) is 48.6. The molecule has 0 unspecified atom stereocenters. The van der Waals surface area contributed by atoms with Crippen LogP contribution in [0.15, 0.2) is 30.3 Å². The Hall–Kier alpha value is -1.30. The van der Waals surface area contributed by atoms with Crippen molar-refractivity contribution in [2.75, 3.05) is 0 Å². The molecule has 156 valence electrons. The first-order valence-corrected chi connectivity index (χ1v) is 11.8. The highest BCUT2D eigenvalue weighted by Crippen LogP contribution is 2.68. The average Bonchev–Trinajstić information content (AvgIpc) is 2.99. The first-order valence-electron chi connectivity index (χ1n) is 11.8. The van der Waals surface area contributed by atoms with Gasteiger partial charge in [0.05, 0.1) is 6.10 Å². The molecule has 0 spiro atoms. The maximum absolute atomic E-state index is 11.7. The number of rotatable bonds is 0. The quantitative estimate of drug-likeness (QED) is 0.598. The van der Waals surface area contributed by atoms with Gasteiger partial charge in [0.1, 0.15) is 5.60 Å².